The first-order valence-corrected chi connectivity index (χ1v) is 13.5. The molecule has 2 fully saturated rings. The summed E-state index contributed by atoms with van der Waals surface area (Å²) in [5, 5.41) is 0. The average molecular weight is 502 g/mol. The van der Waals surface area contributed by atoms with Crippen LogP contribution in [0.25, 0.3) is 11.1 Å². The zero-order valence-corrected chi connectivity index (χ0v) is 21.8. The third-order valence-electron chi connectivity index (χ3n) is 7.94. The summed E-state index contributed by atoms with van der Waals surface area (Å²) in [7, 11) is 0. The largest absolute Gasteiger partial charge is 0.493 e. The van der Waals surface area contributed by atoms with Crippen molar-refractivity contribution >= 4 is 11.6 Å². The van der Waals surface area contributed by atoms with E-state index < -0.39 is 0 Å². The van der Waals surface area contributed by atoms with Gasteiger partial charge in [0.15, 0.2) is 0 Å². The Kier molecular flexibility index (Phi) is 7.50. The van der Waals surface area contributed by atoms with Gasteiger partial charge in [-0.25, -0.2) is 4.39 Å². The van der Waals surface area contributed by atoms with Crippen LogP contribution in [0.15, 0.2) is 66.7 Å². The fraction of sp³-hybridized carbons (Fsp3) is 0.406. The number of amides is 1. The number of carbonyl (C=O) groups is 1. The fourth-order valence-electron chi connectivity index (χ4n) is 6.10. The van der Waals surface area contributed by atoms with E-state index in [9.17, 15) is 9.18 Å². The second-order valence-electron chi connectivity index (χ2n) is 10.5. The lowest BCUT2D eigenvalue weighted by Gasteiger charge is -2.37. The highest BCUT2D eigenvalue weighted by Gasteiger charge is 2.45. The third kappa shape index (κ3) is 5.51. The Morgan fingerprint density at radius 3 is 2.14 bits per heavy atom. The molecule has 1 heterocycles. The lowest BCUT2D eigenvalue weighted by molar-refractivity contribution is -0.118. The summed E-state index contributed by atoms with van der Waals surface area (Å²) in [6, 6.07) is 20.8. The van der Waals surface area contributed by atoms with Gasteiger partial charge in [-0.1, -0.05) is 30.3 Å². The number of anilines is 1. The minimum Gasteiger partial charge on any atom is -0.493 e. The van der Waals surface area contributed by atoms with Crippen LogP contribution >= 0.6 is 0 Å². The summed E-state index contributed by atoms with van der Waals surface area (Å²) in [5.41, 5.74) is 4.07. The molecular weight excluding hydrogens is 465 g/mol. The van der Waals surface area contributed by atoms with Crippen LogP contribution in [0.5, 0.6) is 11.5 Å². The number of hydrogen-bond acceptors (Lipinski definition) is 3. The van der Waals surface area contributed by atoms with Gasteiger partial charge in [0, 0.05) is 18.7 Å². The van der Waals surface area contributed by atoms with Gasteiger partial charge in [0.05, 0.1) is 18.8 Å². The Balaban J connectivity index is 1.31. The maximum Gasteiger partial charge on any atom is 0.227 e. The predicted octanol–water partition coefficient (Wildman–Crippen LogP) is 7.45. The molecular formula is C32H36FNO3. The van der Waals surface area contributed by atoms with Crippen LogP contribution in [-0.4, -0.2) is 25.7 Å². The van der Waals surface area contributed by atoms with Gasteiger partial charge in [-0.2, -0.15) is 0 Å². The number of halogens is 1. The zero-order chi connectivity index (χ0) is 25.8. The topological polar surface area (TPSA) is 38.8 Å². The van der Waals surface area contributed by atoms with Crippen LogP contribution in [-0.2, 0) is 11.2 Å². The number of ether oxygens (including phenoxy) is 2. The van der Waals surface area contributed by atoms with Gasteiger partial charge in [0.25, 0.3) is 0 Å². The van der Waals surface area contributed by atoms with E-state index in [-0.39, 0.29) is 17.1 Å². The molecule has 1 amide bonds. The van der Waals surface area contributed by atoms with Gasteiger partial charge < -0.3 is 14.4 Å². The highest BCUT2D eigenvalue weighted by atomic mass is 19.1. The second kappa shape index (κ2) is 11.0. The van der Waals surface area contributed by atoms with Crippen molar-refractivity contribution in [3.63, 3.8) is 0 Å². The molecule has 4 nitrogen and oxygen atoms in total. The molecule has 0 bridgehead atoms. The predicted molar refractivity (Wildman–Crippen MR) is 146 cm³/mol. The molecule has 37 heavy (non-hydrogen) atoms. The summed E-state index contributed by atoms with van der Waals surface area (Å²) in [5.74, 6) is 2.11. The first kappa shape index (κ1) is 25.3. The molecule has 0 atom stereocenters. The Hall–Kier alpha value is -3.34. The maximum atomic E-state index is 13.6. The molecule has 3 aromatic rings. The lowest BCUT2D eigenvalue weighted by atomic mass is 9.69. The molecule has 5 heteroatoms. The first-order valence-electron chi connectivity index (χ1n) is 13.5. The molecule has 0 N–H and O–H groups in total. The van der Waals surface area contributed by atoms with Gasteiger partial charge >= 0.3 is 0 Å². The molecule has 194 valence electrons. The second-order valence-corrected chi connectivity index (χ2v) is 10.5. The molecule has 0 aromatic heterocycles. The molecule has 1 aliphatic heterocycles. The number of nitrogens with zero attached hydrogens (tertiary/aromatic N) is 1. The highest BCUT2D eigenvalue weighted by molar-refractivity contribution is 5.96. The minimum absolute atomic E-state index is 0.100. The van der Waals surface area contributed by atoms with Gasteiger partial charge in [0.2, 0.25) is 5.91 Å². The van der Waals surface area contributed by atoms with E-state index >= 15 is 0 Å². The van der Waals surface area contributed by atoms with Crippen molar-refractivity contribution in [1.29, 1.82) is 0 Å². The summed E-state index contributed by atoms with van der Waals surface area (Å²) in [6.07, 6.45) is 6.00. The van der Waals surface area contributed by atoms with E-state index in [0.29, 0.717) is 25.6 Å². The number of benzene rings is 3. The van der Waals surface area contributed by atoms with E-state index in [4.69, 9.17) is 9.47 Å². The standard InChI is InChI=1S/C32H36FNO3/c1-3-36-28-19-24(20-29(37-4-2)31(28)25-10-12-26(33)13-11-25)18-23-14-16-32(17-15-23)21-30(35)34(22-32)27-8-6-5-7-9-27/h5-13,19-20,23H,3-4,14-18,21-22H2,1-2H3. The molecule has 0 radical (unpaired) electrons. The van der Waals surface area contributed by atoms with Crippen LogP contribution in [0.4, 0.5) is 10.1 Å². The molecule has 5 rings (SSSR count). The van der Waals surface area contributed by atoms with Gasteiger partial charge in [-0.05, 0) is 105 Å². The normalized spacial score (nSPS) is 21.4. The van der Waals surface area contributed by atoms with E-state index in [1.807, 2.05) is 49.1 Å². The Labute approximate surface area is 219 Å². The first-order chi connectivity index (χ1) is 18.0. The maximum absolute atomic E-state index is 13.6. The van der Waals surface area contributed by atoms with Crippen LogP contribution in [0.3, 0.4) is 0 Å². The van der Waals surface area contributed by atoms with Gasteiger partial charge in [0.1, 0.15) is 17.3 Å². The number of para-hydroxylation sites is 1. The van der Waals surface area contributed by atoms with Crippen molar-refractivity contribution in [1.82, 2.24) is 0 Å². The highest BCUT2D eigenvalue weighted by Crippen LogP contribution is 2.48. The number of carbonyl (C=O) groups excluding carboxylic acids is 1. The van der Waals surface area contributed by atoms with Crippen LogP contribution in [0.1, 0.15) is 51.5 Å². The van der Waals surface area contributed by atoms with E-state index in [2.05, 4.69) is 12.1 Å². The van der Waals surface area contributed by atoms with Crippen LogP contribution in [0, 0.1) is 17.2 Å². The molecule has 1 saturated heterocycles. The number of hydrogen-bond donors (Lipinski definition) is 0. The van der Waals surface area contributed by atoms with Crippen molar-refractivity contribution < 1.29 is 18.7 Å². The lowest BCUT2D eigenvalue weighted by Crippen LogP contribution is -2.32. The quantitative estimate of drug-likeness (QED) is 0.322. The van der Waals surface area contributed by atoms with Crippen molar-refractivity contribution in [2.75, 3.05) is 24.7 Å². The molecule has 0 unspecified atom stereocenters. The SMILES string of the molecule is CCOc1cc(CC2CCC3(CC2)CC(=O)N(c2ccccc2)C3)cc(OCC)c1-c1ccc(F)cc1. The third-order valence-corrected chi connectivity index (χ3v) is 7.94. The summed E-state index contributed by atoms with van der Waals surface area (Å²) >= 11 is 0. The zero-order valence-electron chi connectivity index (χ0n) is 21.8. The summed E-state index contributed by atoms with van der Waals surface area (Å²) < 4.78 is 25.7. The minimum atomic E-state index is -0.262. The smallest absolute Gasteiger partial charge is 0.227 e. The van der Waals surface area contributed by atoms with Crippen LogP contribution < -0.4 is 14.4 Å². The van der Waals surface area contributed by atoms with Crippen molar-refractivity contribution in [3.8, 4) is 22.6 Å². The monoisotopic (exact) mass is 501 g/mol. The van der Waals surface area contributed by atoms with Crippen molar-refractivity contribution in [2.45, 2.75) is 52.4 Å². The summed E-state index contributed by atoms with van der Waals surface area (Å²) in [6.45, 7) is 5.87. The van der Waals surface area contributed by atoms with Crippen molar-refractivity contribution in [3.05, 3.63) is 78.1 Å². The molecule has 1 spiro atoms. The fourth-order valence-corrected chi connectivity index (χ4v) is 6.10. The van der Waals surface area contributed by atoms with Crippen LogP contribution in [0.2, 0.25) is 0 Å². The Bertz CT molecular complexity index is 1190. The van der Waals surface area contributed by atoms with Crippen molar-refractivity contribution in [2.24, 2.45) is 11.3 Å². The average Bonchev–Trinajstić information content (AvgIpc) is 3.23. The van der Waals surface area contributed by atoms with E-state index in [0.717, 1.165) is 67.0 Å². The summed E-state index contributed by atoms with van der Waals surface area (Å²) in [4.78, 5) is 14.8. The molecule has 1 aliphatic carbocycles. The molecule has 1 saturated carbocycles. The molecule has 3 aromatic carbocycles. The Morgan fingerprint density at radius 1 is 0.919 bits per heavy atom. The molecule has 2 aliphatic rings. The van der Waals surface area contributed by atoms with Gasteiger partial charge in [-0.15, -0.1) is 0 Å². The Morgan fingerprint density at radius 2 is 1.54 bits per heavy atom. The van der Waals surface area contributed by atoms with Gasteiger partial charge in [-0.3, -0.25) is 4.79 Å². The number of rotatable bonds is 8. The van der Waals surface area contributed by atoms with E-state index in [1.54, 1.807) is 12.1 Å². The van der Waals surface area contributed by atoms with E-state index in [1.165, 1.54) is 17.7 Å².